The van der Waals surface area contributed by atoms with Crippen molar-refractivity contribution in [2.24, 2.45) is 0 Å². The second-order valence-corrected chi connectivity index (χ2v) is 21.6. The molecule has 1 aliphatic rings. The molecule has 1 aliphatic heterocycles. The van der Waals surface area contributed by atoms with Crippen LogP contribution >= 0.6 is 0 Å². The van der Waals surface area contributed by atoms with Crippen LogP contribution in [0.3, 0.4) is 0 Å². The van der Waals surface area contributed by atoms with Gasteiger partial charge in [0.15, 0.2) is 22.9 Å². The molecule has 1 fully saturated rings. The topological polar surface area (TPSA) is 91.8 Å². The largest absolute Gasteiger partial charge is 0.414 e. The molecular formula is C24H44N2O6Si2. The molecule has 0 spiro atoms. The van der Waals surface area contributed by atoms with Gasteiger partial charge in [0, 0.05) is 12.3 Å². The first kappa shape index (κ1) is 28.9. The zero-order chi connectivity index (χ0) is 26.1. The lowest BCUT2D eigenvalue weighted by Crippen LogP contribution is -2.51. The minimum atomic E-state index is -2.28. The minimum absolute atomic E-state index is 0.0371. The highest BCUT2D eigenvalue weighted by atomic mass is 28.4. The lowest BCUT2D eigenvalue weighted by molar-refractivity contribution is -0.0564. The number of ether oxygens (including phenoxy) is 2. The van der Waals surface area contributed by atoms with Crippen LogP contribution in [-0.4, -0.2) is 57.7 Å². The molecule has 0 saturated carbocycles. The highest BCUT2D eigenvalue weighted by Gasteiger charge is 2.52. The summed E-state index contributed by atoms with van der Waals surface area (Å²) >= 11 is 0. The Bertz CT molecular complexity index is 958. The average Bonchev–Trinajstić information content (AvgIpc) is 2.99. The van der Waals surface area contributed by atoms with E-state index < -0.39 is 52.4 Å². The molecule has 1 saturated heterocycles. The second kappa shape index (κ2) is 10.4. The molecule has 2 heterocycles. The maximum atomic E-state index is 12.7. The van der Waals surface area contributed by atoms with Crippen molar-refractivity contribution in [1.29, 1.82) is 0 Å². The third-order valence-electron chi connectivity index (χ3n) is 7.47. The van der Waals surface area contributed by atoms with Gasteiger partial charge in [-0.2, -0.15) is 0 Å². The Morgan fingerprint density at radius 1 is 1.06 bits per heavy atom. The maximum Gasteiger partial charge on any atom is 0.330 e. The third-order valence-corrected chi connectivity index (χ3v) is 16.4. The number of hydrogen-bond acceptors (Lipinski definition) is 6. The summed E-state index contributed by atoms with van der Waals surface area (Å²) in [4.78, 5) is 26.7. The van der Waals surface area contributed by atoms with Gasteiger partial charge in [-0.15, -0.1) is 6.58 Å². The Morgan fingerprint density at radius 3 is 2.15 bits per heavy atom. The van der Waals surface area contributed by atoms with Gasteiger partial charge in [-0.3, -0.25) is 14.3 Å². The Balaban J connectivity index is 2.50. The molecule has 4 atom stereocenters. The highest BCUT2D eigenvalue weighted by Crippen LogP contribution is 2.43. The summed E-state index contributed by atoms with van der Waals surface area (Å²) < 4.78 is 27.3. The smallest absolute Gasteiger partial charge is 0.330 e. The van der Waals surface area contributed by atoms with Crippen LogP contribution < -0.4 is 11.2 Å². The van der Waals surface area contributed by atoms with Crippen molar-refractivity contribution in [2.75, 3.05) is 13.2 Å². The summed E-state index contributed by atoms with van der Waals surface area (Å²) in [5, 5.41) is -0.0262. The van der Waals surface area contributed by atoms with Gasteiger partial charge in [0.25, 0.3) is 5.56 Å². The Labute approximate surface area is 205 Å². The summed E-state index contributed by atoms with van der Waals surface area (Å²) in [6.07, 6.45) is 0.900. The molecule has 0 aromatic carbocycles. The molecule has 0 bridgehead atoms. The lowest BCUT2D eigenvalue weighted by Gasteiger charge is -2.40. The zero-order valence-electron chi connectivity index (χ0n) is 22.6. The maximum absolute atomic E-state index is 12.7. The minimum Gasteiger partial charge on any atom is -0.414 e. The van der Waals surface area contributed by atoms with Crippen molar-refractivity contribution < 1.29 is 18.3 Å². The fourth-order valence-corrected chi connectivity index (χ4v) is 5.52. The molecule has 1 aromatic heterocycles. The van der Waals surface area contributed by atoms with Gasteiger partial charge >= 0.3 is 5.69 Å². The number of nitrogens with one attached hydrogen (secondary N) is 1. The van der Waals surface area contributed by atoms with Gasteiger partial charge < -0.3 is 18.3 Å². The fraction of sp³-hybridized carbons (Fsp3) is 0.750. The van der Waals surface area contributed by atoms with E-state index in [1.54, 1.807) is 6.08 Å². The molecule has 0 aliphatic carbocycles. The number of aromatic nitrogens is 2. The Hall–Kier alpha value is -1.31. The summed E-state index contributed by atoms with van der Waals surface area (Å²) in [5.74, 6) is 0. The van der Waals surface area contributed by atoms with Gasteiger partial charge in [0.2, 0.25) is 0 Å². The van der Waals surface area contributed by atoms with Gasteiger partial charge in [-0.1, -0.05) is 47.6 Å². The SMILES string of the molecule is C=CCO[C@H]1[C@@H](O[Si](C)(C)C(C)(C)C)[C@H](n2ccc(=O)[nH]c2=O)O[C@@H]1CO[Si](C)(C)C(C)(C)C. The van der Waals surface area contributed by atoms with Crippen molar-refractivity contribution >= 4 is 16.6 Å². The van der Waals surface area contributed by atoms with Crippen LogP contribution in [-0.2, 0) is 18.3 Å². The highest BCUT2D eigenvalue weighted by molar-refractivity contribution is 6.74. The van der Waals surface area contributed by atoms with E-state index in [1.807, 2.05) is 0 Å². The predicted molar refractivity (Wildman–Crippen MR) is 140 cm³/mol. The zero-order valence-corrected chi connectivity index (χ0v) is 24.6. The van der Waals surface area contributed by atoms with E-state index in [9.17, 15) is 9.59 Å². The first-order chi connectivity index (χ1) is 15.4. The number of nitrogens with zero attached hydrogens (tertiary/aromatic N) is 1. The fourth-order valence-electron chi connectivity index (χ4n) is 3.22. The average molecular weight is 513 g/mol. The predicted octanol–water partition coefficient (Wildman–Crippen LogP) is 4.42. The van der Waals surface area contributed by atoms with Crippen molar-refractivity contribution in [1.82, 2.24) is 9.55 Å². The molecular weight excluding hydrogens is 468 g/mol. The van der Waals surface area contributed by atoms with Crippen molar-refractivity contribution in [3.63, 3.8) is 0 Å². The van der Waals surface area contributed by atoms with E-state index in [0.717, 1.165) is 0 Å². The molecule has 10 heteroatoms. The molecule has 0 radical (unpaired) electrons. The monoisotopic (exact) mass is 512 g/mol. The number of rotatable bonds is 9. The Kier molecular flexibility index (Phi) is 8.81. The quantitative estimate of drug-likeness (QED) is 0.389. The van der Waals surface area contributed by atoms with E-state index in [1.165, 1.54) is 16.8 Å². The van der Waals surface area contributed by atoms with Crippen LogP contribution in [0.5, 0.6) is 0 Å². The Morgan fingerprint density at radius 2 is 1.65 bits per heavy atom. The number of H-pyrrole nitrogens is 1. The first-order valence-electron chi connectivity index (χ1n) is 11.9. The number of aromatic amines is 1. The molecule has 8 nitrogen and oxygen atoms in total. The van der Waals surface area contributed by atoms with Gasteiger partial charge in [-0.05, 0) is 36.3 Å². The van der Waals surface area contributed by atoms with Crippen LogP contribution in [0.2, 0.25) is 36.3 Å². The van der Waals surface area contributed by atoms with Gasteiger partial charge in [0.05, 0.1) is 13.2 Å². The summed E-state index contributed by atoms with van der Waals surface area (Å²) in [6.45, 7) is 26.2. The third kappa shape index (κ3) is 6.47. The molecule has 2 rings (SSSR count). The first-order valence-corrected chi connectivity index (χ1v) is 17.7. The van der Waals surface area contributed by atoms with Crippen molar-refractivity contribution in [2.45, 2.75) is 102 Å². The van der Waals surface area contributed by atoms with E-state index in [2.05, 4.69) is 79.3 Å². The standard InChI is InChI=1S/C24H44N2O6Si2/c1-12-15-29-19-17(16-30-33(8,9)23(2,3)4)31-21(26-14-13-18(27)25-22(26)28)20(19)32-34(10,11)24(5,6)7/h12-14,17,19-21H,1,15-16H2,2-11H3,(H,25,27,28)/t17-,19-,20-,21-/m1/s1. The van der Waals surface area contributed by atoms with Crippen molar-refractivity contribution in [3.8, 4) is 0 Å². The molecule has 0 unspecified atom stereocenters. The van der Waals surface area contributed by atoms with Crippen molar-refractivity contribution in [3.05, 3.63) is 45.8 Å². The van der Waals surface area contributed by atoms with Gasteiger partial charge in [0.1, 0.15) is 18.3 Å². The molecule has 34 heavy (non-hydrogen) atoms. The van der Waals surface area contributed by atoms with Crippen LogP contribution in [0.15, 0.2) is 34.5 Å². The molecule has 0 amide bonds. The van der Waals surface area contributed by atoms with Crippen LogP contribution in [0.1, 0.15) is 47.8 Å². The normalized spacial score (nSPS) is 24.4. The molecule has 1 aromatic rings. The number of hydrogen-bond donors (Lipinski definition) is 1. The van der Waals surface area contributed by atoms with E-state index in [0.29, 0.717) is 13.2 Å². The van der Waals surface area contributed by atoms with Gasteiger partial charge in [-0.25, -0.2) is 4.79 Å². The summed E-state index contributed by atoms with van der Waals surface area (Å²) in [5.41, 5.74) is -1.01. The molecule has 1 N–H and O–H groups in total. The van der Waals surface area contributed by atoms with Crippen LogP contribution in [0.4, 0.5) is 0 Å². The van der Waals surface area contributed by atoms with Crippen LogP contribution in [0, 0.1) is 0 Å². The lowest BCUT2D eigenvalue weighted by atomic mass is 10.1. The van der Waals surface area contributed by atoms with E-state index >= 15 is 0 Å². The summed E-state index contributed by atoms with van der Waals surface area (Å²) in [7, 11) is -4.33. The van der Waals surface area contributed by atoms with Crippen LogP contribution in [0.25, 0.3) is 0 Å². The second-order valence-electron chi connectivity index (χ2n) is 12.1. The van der Waals surface area contributed by atoms with E-state index in [4.69, 9.17) is 18.3 Å². The summed E-state index contributed by atoms with van der Waals surface area (Å²) in [6, 6.07) is 1.31. The van der Waals surface area contributed by atoms with E-state index in [-0.39, 0.29) is 10.1 Å². The molecule has 194 valence electrons.